The molecule has 2 aromatic rings. The van der Waals surface area contributed by atoms with Crippen LogP contribution >= 0.6 is 0 Å². The number of ether oxygens (including phenoxy) is 1. The van der Waals surface area contributed by atoms with Crippen LogP contribution in [0.2, 0.25) is 0 Å². The highest BCUT2D eigenvalue weighted by Crippen LogP contribution is 2.33. The number of aromatic amines is 1. The molecule has 106 valence electrons. The number of allylic oxidation sites excluding steroid dienone is 1. The Morgan fingerprint density at radius 3 is 2.95 bits per heavy atom. The van der Waals surface area contributed by atoms with Gasteiger partial charge in [0.15, 0.2) is 5.78 Å². The molecule has 5 heteroatoms. The normalized spacial score (nSPS) is 15.3. The van der Waals surface area contributed by atoms with E-state index in [1.807, 2.05) is 0 Å². The number of ketones is 1. The number of fused-ring (bicyclic) bond motifs is 1. The van der Waals surface area contributed by atoms with Gasteiger partial charge in [0.05, 0.1) is 7.11 Å². The number of aromatic nitrogens is 1. The van der Waals surface area contributed by atoms with Crippen LogP contribution in [-0.4, -0.2) is 29.0 Å². The summed E-state index contributed by atoms with van der Waals surface area (Å²) in [6.45, 7) is 0. The number of esters is 1. The zero-order valence-corrected chi connectivity index (χ0v) is 11.3. The molecule has 1 aromatic carbocycles. The number of aromatic hydroxyl groups is 1. The van der Waals surface area contributed by atoms with E-state index in [9.17, 15) is 14.7 Å². The van der Waals surface area contributed by atoms with Crippen LogP contribution in [0.4, 0.5) is 0 Å². The van der Waals surface area contributed by atoms with Crippen molar-refractivity contribution in [3.05, 3.63) is 58.4 Å². The summed E-state index contributed by atoms with van der Waals surface area (Å²) in [4.78, 5) is 26.4. The van der Waals surface area contributed by atoms with Gasteiger partial charge in [-0.25, -0.2) is 4.79 Å². The Bertz CT molecular complexity index is 770. The van der Waals surface area contributed by atoms with Gasteiger partial charge in [-0.3, -0.25) is 4.79 Å². The van der Waals surface area contributed by atoms with Crippen molar-refractivity contribution in [1.29, 1.82) is 0 Å². The highest BCUT2D eigenvalue weighted by atomic mass is 16.5. The number of carbonyl (C=O) groups is 2. The molecule has 0 radical (unpaired) electrons. The van der Waals surface area contributed by atoms with Gasteiger partial charge < -0.3 is 14.8 Å². The number of hydrogen-bond donors (Lipinski definition) is 2. The molecule has 0 saturated carbocycles. The number of methoxy groups -OCH3 is 1. The molecule has 3 rings (SSSR count). The minimum absolute atomic E-state index is 0.0956. The van der Waals surface area contributed by atoms with Crippen molar-refractivity contribution in [3.8, 4) is 5.75 Å². The summed E-state index contributed by atoms with van der Waals surface area (Å²) in [5.41, 5.74) is 2.81. The number of nitrogens with one attached hydrogen (secondary N) is 1. The Hall–Kier alpha value is -2.82. The third-order valence-electron chi connectivity index (χ3n) is 3.51. The standard InChI is InChI=1S/C16H13NO4/c1-21-16(20)13-6-9(8-17-13)5-10-7-12-11(15(10)19)3-2-4-14(12)18/h2-6,8,17-18H,7H2,1H3. The molecule has 0 amide bonds. The number of benzene rings is 1. The molecule has 1 aromatic heterocycles. The fraction of sp³-hybridized carbons (Fsp3) is 0.125. The van der Waals surface area contributed by atoms with E-state index in [2.05, 4.69) is 9.72 Å². The predicted octanol–water partition coefficient (Wildman–Crippen LogP) is 2.33. The first-order chi connectivity index (χ1) is 10.1. The molecule has 2 N–H and O–H groups in total. The molecule has 0 bridgehead atoms. The molecule has 0 saturated heterocycles. The van der Waals surface area contributed by atoms with Crippen molar-refractivity contribution in [2.75, 3.05) is 7.11 Å². The lowest BCUT2D eigenvalue weighted by molar-refractivity contribution is 0.0594. The Morgan fingerprint density at radius 2 is 2.24 bits per heavy atom. The minimum Gasteiger partial charge on any atom is -0.508 e. The molecule has 0 atom stereocenters. The highest BCUT2D eigenvalue weighted by Gasteiger charge is 2.26. The summed E-state index contributed by atoms with van der Waals surface area (Å²) in [6, 6.07) is 6.55. The quantitative estimate of drug-likeness (QED) is 0.655. The second-order valence-corrected chi connectivity index (χ2v) is 4.82. The van der Waals surface area contributed by atoms with Gasteiger partial charge >= 0.3 is 5.97 Å². The van der Waals surface area contributed by atoms with E-state index in [1.54, 1.807) is 36.5 Å². The molecular formula is C16H13NO4. The van der Waals surface area contributed by atoms with Gasteiger partial charge in [0.2, 0.25) is 0 Å². The van der Waals surface area contributed by atoms with Crippen LogP contribution in [0.3, 0.4) is 0 Å². The Balaban J connectivity index is 1.93. The molecule has 1 aliphatic rings. The fourth-order valence-corrected chi connectivity index (χ4v) is 2.46. The molecule has 0 spiro atoms. The SMILES string of the molecule is COC(=O)c1cc(C=C2Cc3c(O)cccc3C2=O)c[nH]1. The van der Waals surface area contributed by atoms with E-state index >= 15 is 0 Å². The van der Waals surface area contributed by atoms with E-state index in [1.165, 1.54) is 7.11 Å². The maximum atomic E-state index is 12.3. The highest BCUT2D eigenvalue weighted by molar-refractivity contribution is 6.16. The molecule has 1 heterocycles. The first-order valence-corrected chi connectivity index (χ1v) is 6.43. The maximum absolute atomic E-state index is 12.3. The van der Waals surface area contributed by atoms with E-state index in [0.29, 0.717) is 34.4 Å². The monoisotopic (exact) mass is 283 g/mol. The summed E-state index contributed by atoms with van der Waals surface area (Å²) in [5.74, 6) is -0.423. The summed E-state index contributed by atoms with van der Waals surface area (Å²) in [7, 11) is 1.31. The van der Waals surface area contributed by atoms with E-state index in [4.69, 9.17) is 0 Å². The van der Waals surface area contributed by atoms with Crippen molar-refractivity contribution in [2.45, 2.75) is 6.42 Å². The van der Waals surface area contributed by atoms with Crippen molar-refractivity contribution < 1.29 is 19.4 Å². The van der Waals surface area contributed by atoms with Gasteiger partial charge in [0, 0.05) is 29.3 Å². The lowest BCUT2D eigenvalue weighted by Gasteiger charge is -1.97. The fourth-order valence-electron chi connectivity index (χ4n) is 2.46. The maximum Gasteiger partial charge on any atom is 0.354 e. The number of hydrogen-bond acceptors (Lipinski definition) is 4. The average Bonchev–Trinajstić information content (AvgIpc) is 3.06. The topological polar surface area (TPSA) is 79.4 Å². The summed E-state index contributed by atoms with van der Waals surface area (Å²) in [5, 5.41) is 9.79. The number of Topliss-reactive ketones (excluding diaryl/α,β-unsaturated/α-hetero) is 1. The predicted molar refractivity (Wildman–Crippen MR) is 76.3 cm³/mol. The first kappa shape index (κ1) is 13.2. The molecule has 0 aliphatic heterocycles. The molecule has 0 unspecified atom stereocenters. The zero-order chi connectivity index (χ0) is 15.0. The number of carbonyl (C=O) groups excluding carboxylic acids is 2. The van der Waals surface area contributed by atoms with E-state index < -0.39 is 5.97 Å². The first-order valence-electron chi connectivity index (χ1n) is 6.43. The van der Waals surface area contributed by atoms with Crippen LogP contribution in [0.15, 0.2) is 36.0 Å². The van der Waals surface area contributed by atoms with Gasteiger partial charge in [0.1, 0.15) is 11.4 Å². The van der Waals surface area contributed by atoms with Crippen LogP contribution in [0.5, 0.6) is 5.75 Å². The van der Waals surface area contributed by atoms with Crippen molar-refractivity contribution in [1.82, 2.24) is 4.98 Å². The van der Waals surface area contributed by atoms with Crippen molar-refractivity contribution >= 4 is 17.8 Å². The summed E-state index contributed by atoms with van der Waals surface area (Å²) < 4.78 is 4.62. The van der Waals surface area contributed by atoms with Gasteiger partial charge in [0.25, 0.3) is 0 Å². The Morgan fingerprint density at radius 1 is 1.43 bits per heavy atom. The largest absolute Gasteiger partial charge is 0.508 e. The van der Waals surface area contributed by atoms with Crippen LogP contribution in [0.25, 0.3) is 6.08 Å². The zero-order valence-electron chi connectivity index (χ0n) is 11.3. The third-order valence-corrected chi connectivity index (χ3v) is 3.51. The van der Waals surface area contributed by atoms with Crippen LogP contribution in [-0.2, 0) is 11.2 Å². The van der Waals surface area contributed by atoms with Crippen LogP contribution in [0, 0.1) is 0 Å². The van der Waals surface area contributed by atoms with Gasteiger partial charge in [-0.2, -0.15) is 0 Å². The van der Waals surface area contributed by atoms with E-state index in [0.717, 1.165) is 0 Å². The van der Waals surface area contributed by atoms with Crippen LogP contribution < -0.4 is 0 Å². The third kappa shape index (κ3) is 2.23. The summed E-state index contributed by atoms with van der Waals surface area (Å²) >= 11 is 0. The van der Waals surface area contributed by atoms with Gasteiger partial charge in [-0.05, 0) is 23.8 Å². The second kappa shape index (κ2) is 4.94. The number of phenols is 1. The molecular weight excluding hydrogens is 270 g/mol. The van der Waals surface area contributed by atoms with Crippen molar-refractivity contribution in [3.63, 3.8) is 0 Å². The molecule has 5 nitrogen and oxygen atoms in total. The Kier molecular flexibility index (Phi) is 3.10. The lowest BCUT2D eigenvalue weighted by atomic mass is 10.1. The number of rotatable bonds is 2. The molecule has 21 heavy (non-hydrogen) atoms. The molecule has 0 fully saturated rings. The summed E-state index contributed by atoms with van der Waals surface area (Å²) in [6.07, 6.45) is 3.74. The van der Waals surface area contributed by atoms with Gasteiger partial charge in [-0.15, -0.1) is 0 Å². The lowest BCUT2D eigenvalue weighted by Crippen LogP contribution is -2.00. The average molecular weight is 283 g/mol. The van der Waals surface area contributed by atoms with Crippen molar-refractivity contribution in [2.24, 2.45) is 0 Å². The second-order valence-electron chi connectivity index (χ2n) is 4.82. The van der Waals surface area contributed by atoms with Gasteiger partial charge in [-0.1, -0.05) is 12.1 Å². The Labute approximate surface area is 120 Å². The number of H-pyrrole nitrogens is 1. The minimum atomic E-state index is -0.460. The van der Waals surface area contributed by atoms with E-state index in [-0.39, 0.29) is 11.5 Å². The van der Waals surface area contributed by atoms with Crippen LogP contribution in [0.1, 0.15) is 32.0 Å². The smallest absolute Gasteiger partial charge is 0.354 e. The molecule has 1 aliphatic carbocycles. The number of phenolic OH excluding ortho intramolecular Hbond substituents is 1.